The van der Waals surface area contributed by atoms with E-state index < -0.39 is 29.4 Å². The minimum absolute atomic E-state index is 0.0352. The van der Waals surface area contributed by atoms with Crippen LogP contribution in [0.3, 0.4) is 0 Å². The number of hydrogen-bond donors (Lipinski definition) is 2. The number of carbonyl (C=O) groups excluding carboxylic acids is 3. The zero-order valence-corrected chi connectivity index (χ0v) is 14.6. The van der Waals surface area contributed by atoms with Gasteiger partial charge in [-0.1, -0.05) is 5.16 Å². The van der Waals surface area contributed by atoms with Crippen LogP contribution in [0.4, 0.5) is 4.79 Å². The van der Waals surface area contributed by atoms with Crippen molar-refractivity contribution in [1.29, 1.82) is 0 Å². The van der Waals surface area contributed by atoms with Gasteiger partial charge in [-0.2, -0.15) is 0 Å². The largest absolute Gasteiger partial charge is 0.449 e. The first kappa shape index (κ1) is 17.0. The summed E-state index contributed by atoms with van der Waals surface area (Å²) in [6.07, 6.45) is -0.955. The molecule has 1 aliphatic carbocycles. The number of nitrogens with zero attached hydrogens (tertiary/aromatic N) is 2. The normalized spacial score (nSPS) is 39.0. The average Bonchev–Trinajstić information content (AvgIpc) is 3.21. The molecule has 10 nitrogen and oxygen atoms in total. The van der Waals surface area contributed by atoms with Gasteiger partial charge in [-0.25, -0.2) is 4.79 Å². The lowest BCUT2D eigenvalue weighted by atomic mass is 9.79. The number of amides is 1. The van der Waals surface area contributed by atoms with Gasteiger partial charge in [-0.05, 0) is 6.92 Å². The van der Waals surface area contributed by atoms with Crippen molar-refractivity contribution in [3.8, 4) is 0 Å². The minimum atomic E-state index is -0.974. The first-order chi connectivity index (χ1) is 12.4. The number of oxime groups is 1. The first-order valence-electron chi connectivity index (χ1n) is 8.33. The van der Waals surface area contributed by atoms with Crippen molar-refractivity contribution < 1.29 is 28.7 Å². The highest BCUT2D eigenvalue weighted by Crippen LogP contribution is 2.55. The van der Waals surface area contributed by atoms with E-state index in [4.69, 9.17) is 20.0 Å². The molecule has 3 heterocycles. The van der Waals surface area contributed by atoms with E-state index in [1.807, 2.05) is 4.90 Å². The molecule has 4 rings (SSSR count). The number of ketones is 2. The zero-order chi connectivity index (χ0) is 18.8. The van der Waals surface area contributed by atoms with E-state index in [9.17, 15) is 14.4 Å². The number of nitrogens with one attached hydrogen (secondary N) is 1. The fourth-order valence-electron chi connectivity index (χ4n) is 4.60. The van der Waals surface area contributed by atoms with Crippen LogP contribution in [0.5, 0.6) is 0 Å². The second kappa shape index (κ2) is 5.52. The van der Waals surface area contributed by atoms with E-state index in [-0.39, 0.29) is 35.8 Å². The average molecular weight is 364 g/mol. The molecule has 0 aromatic carbocycles. The summed E-state index contributed by atoms with van der Waals surface area (Å²) in [5, 5.41) is 7.06. The zero-order valence-electron chi connectivity index (χ0n) is 14.6. The summed E-state index contributed by atoms with van der Waals surface area (Å²) < 4.78 is 10.9. The van der Waals surface area contributed by atoms with Crippen LogP contribution in [0.1, 0.15) is 6.92 Å². The molecule has 0 saturated carbocycles. The fourth-order valence-corrected chi connectivity index (χ4v) is 4.60. The molecule has 1 amide bonds. The molecule has 0 radical (unpaired) electrons. The number of Topliss-reactive ketones (excluding diaryl/α,β-unsaturated/α-hetero) is 2. The van der Waals surface area contributed by atoms with E-state index in [0.717, 1.165) is 0 Å². The lowest BCUT2D eigenvalue weighted by Crippen LogP contribution is -2.55. The highest BCUT2D eigenvalue weighted by atomic mass is 16.6. The van der Waals surface area contributed by atoms with Crippen LogP contribution in [0.15, 0.2) is 16.4 Å². The van der Waals surface area contributed by atoms with Crippen molar-refractivity contribution >= 4 is 23.4 Å². The van der Waals surface area contributed by atoms with Crippen molar-refractivity contribution in [2.75, 3.05) is 27.4 Å². The van der Waals surface area contributed by atoms with Crippen LogP contribution in [0.25, 0.3) is 0 Å². The molecule has 4 aliphatic rings. The Morgan fingerprint density at radius 3 is 2.77 bits per heavy atom. The Morgan fingerprint density at radius 1 is 1.42 bits per heavy atom. The van der Waals surface area contributed by atoms with Crippen LogP contribution in [-0.4, -0.2) is 73.5 Å². The highest BCUT2D eigenvalue weighted by Gasteiger charge is 2.73. The number of hydrogen-bond acceptors (Lipinski definition) is 9. The molecule has 140 valence electrons. The number of piperazine rings is 1. The van der Waals surface area contributed by atoms with Gasteiger partial charge in [0.1, 0.15) is 19.4 Å². The van der Waals surface area contributed by atoms with Gasteiger partial charge in [0.2, 0.25) is 5.78 Å². The van der Waals surface area contributed by atoms with E-state index >= 15 is 0 Å². The van der Waals surface area contributed by atoms with Crippen molar-refractivity contribution in [2.45, 2.75) is 24.7 Å². The maximum Gasteiger partial charge on any atom is 0.404 e. The summed E-state index contributed by atoms with van der Waals surface area (Å²) in [4.78, 5) is 43.9. The number of nitrogens with two attached hydrogens (primary N) is 1. The molecule has 0 aromatic heterocycles. The third-order valence-electron chi connectivity index (χ3n) is 5.73. The van der Waals surface area contributed by atoms with Gasteiger partial charge >= 0.3 is 6.09 Å². The van der Waals surface area contributed by atoms with Gasteiger partial charge in [0, 0.05) is 25.3 Å². The molecule has 2 unspecified atom stereocenters. The maximum atomic E-state index is 13.1. The first-order valence-corrected chi connectivity index (χ1v) is 8.33. The Bertz CT molecular complexity index is 777. The Morgan fingerprint density at radius 2 is 2.15 bits per heavy atom. The third kappa shape index (κ3) is 1.93. The predicted molar refractivity (Wildman–Crippen MR) is 86.8 cm³/mol. The molecule has 3 aliphatic heterocycles. The van der Waals surface area contributed by atoms with E-state index in [1.165, 1.54) is 14.2 Å². The number of fused-ring (bicyclic) bond motifs is 4. The summed E-state index contributed by atoms with van der Waals surface area (Å²) >= 11 is 0. The molecule has 3 N–H and O–H groups in total. The van der Waals surface area contributed by atoms with E-state index in [0.29, 0.717) is 12.2 Å². The summed E-state index contributed by atoms with van der Waals surface area (Å²) in [5.74, 6) is -2.00. The van der Waals surface area contributed by atoms with Crippen molar-refractivity contribution in [3.63, 3.8) is 0 Å². The van der Waals surface area contributed by atoms with Gasteiger partial charge in [0.15, 0.2) is 11.5 Å². The van der Waals surface area contributed by atoms with Crippen LogP contribution in [0.2, 0.25) is 0 Å². The van der Waals surface area contributed by atoms with Crippen LogP contribution >= 0.6 is 0 Å². The number of methoxy groups -OCH3 is 1. The van der Waals surface area contributed by atoms with Gasteiger partial charge in [-0.3, -0.25) is 9.59 Å². The summed E-state index contributed by atoms with van der Waals surface area (Å²) in [6.45, 7) is 1.99. The molecule has 0 aromatic rings. The van der Waals surface area contributed by atoms with Gasteiger partial charge < -0.3 is 30.3 Å². The molecule has 2 fully saturated rings. The molecule has 2 saturated heterocycles. The molecule has 10 heteroatoms. The van der Waals surface area contributed by atoms with Gasteiger partial charge in [0.25, 0.3) is 0 Å². The minimum Gasteiger partial charge on any atom is -0.449 e. The highest BCUT2D eigenvalue weighted by molar-refractivity contribution is 6.53. The molecular formula is C16H20N4O6. The standard InChI is InChI=1S/C16H20N4O6/c1-6-10(19-25-3)13(22)9-7(5-26-15(17)23)16(24-2)14-8(18-14)4-20(16)11(9)12(6)21/h6-8,14,18H,4-5H2,1-3H3,(H2,17,23)/t6?,7-,8+,14?,16-/m1/s1. The number of ether oxygens (including phenoxy) is 2. The second-order valence-corrected chi connectivity index (χ2v) is 6.84. The Hall–Kier alpha value is -2.46. The van der Waals surface area contributed by atoms with Crippen molar-refractivity contribution in [1.82, 2.24) is 10.2 Å². The second-order valence-electron chi connectivity index (χ2n) is 6.84. The van der Waals surface area contributed by atoms with E-state index in [2.05, 4.69) is 10.5 Å². The Labute approximate surface area is 149 Å². The Kier molecular flexibility index (Phi) is 3.60. The topological polar surface area (TPSA) is 142 Å². The molecule has 26 heavy (non-hydrogen) atoms. The van der Waals surface area contributed by atoms with Crippen LogP contribution in [0, 0.1) is 11.8 Å². The molecule has 0 spiro atoms. The smallest absolute Gasteiger partial charge is 0.404 e. The quantitative estimate of drug-likeness (QED) is 0.466. The summed E-state index contributed by atoms with van der Waals surface area (Å²) in [6, 6.07) is 0.0885. The molecular weight excluding hydrogens is 344 g/mol. The van der Waals surface area contributed by atoms with Crippen molar-refractivity contribution in [3.05, 3.63) is 11.3 Å². The van der Waals surface area contributed by atoms with Crippen LogP contribution < -0.4 is 11.1 Å². The fraction of sp³-hybridized carbons (Fsp3) is 0.625. The van der Waals surface area contributed by atoms with E-state index in [1.54, 1.807) is 6.92 Å². The number of carbonyl (C=O) groups is 3. The lowest BCUT2D eigenvalue weighted by Gasteiger charge is -2.39. The number of allylic oxidation sites excluding steroid dienone is 1. The predicted octanol–water partition coefficient (Wildman–Crippen LogP) is -1.25. The van der Waals surface area contributed by atoms with Gasteiger partial charge in [0.05, 0.1) is 23.6 Å². The maximum absolute atomic E-state index is 13.1. The molecule has 0 bridgehead atoms. The summed E-state index contributed by atoms with van der Waals surface area (Å²) in [7, 11) is 2.84. The monoisotopic (exact) mass is 364 g/mol. The van der Waals surface area contributed by atoms with Crippen LogP contribution in [-0.2, 0) is 23.9 Å². The lowest BCUT2D eigenvalue weighted by molar-refractivity contribution is -0.138. The molecule has 5 atom stereocenters. The van der Waals surface area contributed by atoms with Crippen molar-refractivity contribution in [2.24, 2.45) is 22.7 Å². The third-order valence-corrected chi connectivity index (χ3v) is 5.73. The summed E-state index contributed by atoms with van der Waals surface area (Å²) in [5.41, 5.74) is 4.76. The number of primary amides is 1. The van der Waals surface area contributed by atoms with Gasteiger partial charge in [-0.15, -0.1) is 0 Å². The number of rotatable bonds is 4. The SMILES string of the molecule is CON=C1C(=O)C2=C(C(=O)C1C)N1C[C@@H]3NC3[C@]1(OC)[C@@H]2COC(N)=O. The Balaban J connectivity index is 1.85.